The van der Waals surface area contributed by atoms with Gasteiger partial charge in [-0.1, -0.05) is 48.5 Å². The fraction of sp³-hybridized carbons (Fsp3) is 0.105. The van der Waals surface area contributed by atoms with Crippen molar-refractivity contribution in [3.8, 4) is 0 Å². The van der Waals surface area contributed by atoms with E-state index in [0.29, 0.717) is 6.04 Å². The zero-order valence-corrected chi connectivity index (χ0v) is 15.0. The van der Waals surface area contributed by atoms with E-state index in [9.17, 15) is 9.90 Å². The van der Waals surface area contributed by atoms with Crippen LogP contribution in [0.15, 0.2) is 66.7 Å². The lowest BCUT2D eigenvalue weighted by atomic mass is 10.0. The van der Waals surface area contributed by atoms with Crippen molar-refractivity contribution in [3.05, 3.63) is 81.4 Å². The molecule has 1 atom stereocenters. The Kier molecular flexibility index (Phi) is 6.12. The van der Waals surface area contributed by atoms with Gasteiger partial charge in [0.2, 0.25) is 0 Å². The third-order valence-corrected chi connectivity index (χ3v) is 4.14. The average molecular weight is 419 g/mol. The molecule has 3 nitrogen and oxygen atoms in total. The molecule has 0 aliphatic heterocycles. The number of rotatable bonds is 2. The van der Waals surface area contributed by atoms with Crippen molar-refractivity contribution in [2.75, 3.05) is 0 Å². The standard InChI is InChI=1S/C12H13N.C7H5IO2/c1-9(13)11-7-6-10-4-2-3-5-12(10)8-11;8-6-3-1-5(2-4-6)7(9)10/h2-9H,13H2,1H3;1-4H,(H,9,10)/t9-;/m1./s1. The molecule has 3 aromatic carbocycles. The molecule has 3 rings (SSSR count). The van der Waals surface area contributed by atoms with Gasteiger partial charge in [-0.25, -0.2) is 0 Å². The molecule has 0 bridgehead atoms. The Bertz CT molecular complexity index is 798. The zero-order chi connectivity index (χ0) is 16.8. The number of halogens is 1. The fourth-order valence-corrected chi connectivity index (χ4v) is 2.46. The van der Waals surface area contributed by atoms with Crippen molar-refractivity contribution < 1.29 is 15.6 Å². The Morgan fingerprint density at radius 1 is 1.00 bits per heavy atom. The van der Waals surface area contributed by atoms with Gasteiger partial charge in [-0.05, 0) is 64.0 Å². The predicted octanol–water partition coefficient (Wildman–Crippen LogP) is 2.80. The van der Waals surface area contributed by atoms with E-state index >= 15 is 0 Å². The first-order chi connectivity index (χ1) is 11.0. The molecule has 3 aromatic rings. The van der Waals surface area contributed by atoms with Crippen molar-refractivity contribution in [1.29, 1.82) is 0 Å². The van der Waals surface area contributed by atoms with Crippen LogP contribution in [-0.2, 0) is 0 Å². The van der Waals surface area contributed by atoms with Crippen LogP contribution in [-0.4, -0.2) is 5.97 Å². The SMILES string of the molecule is C[C@@H]([NH3+])c1ccc2ccccc2c1.O=C([O-])c1ccc(I)cc1. The molecule has 0 aliphatic carbocycles. The number of hydrogen-bond acceptors (Lipinski definition) is 2. The molecule has 0 saturated heterocycles. The number of carbonyl (C=O) groups excluding carboxylic acids is 1. The van der Waals surface area contributed by atoms with Gasteiger partial charge in [0.25, 0.3) is 0 Å². The number of fused-ring (bicyclic) bond motifs is 1. The van der Waals surface area contributed by atoms with Crippen LogP contribution in [0.5, 0.6) is 0 Å². The summed E-state index contributed by atoms with van der Waals surface area (Å²) in [6, 6.07) is 21.8. The Hall–Kier alpha value is -1.92. The summed E-state index contributed by atoms with van der Waals surface area (Å²) in [7, 11) is 0. The van der Waals surface area contributed by atoms with Gasteiger partial charge in [0.1, 0.15) is 6.04 Å². The first kappa shape index (κ1) is 17.4. The zero-order valence-electron chi connectivity index (χ0n) is 12.8. The number of carboxylic acid groups (broad SMARTS) is 1. The van der Waals surface area contributed by atoms with Crippen LogP contribution >= 0.6 is 22.6 Å². The number of aromatic carboxylic acids is 1. The van der Waals surface area contributed by atoms with Crippen LogP contribution in [0.3, 0.4) is 0 Å². The van der Waals surface area contributed by atoms with Crippen LogP contribution in [0.1, 0.15) is 28.9 Å². The highest BCUT2D eigenvalue weighted by Crippen LogP contribution is 2.17. The number of quaternary nitrogens is 1. The van der Waals surface area contributed by atoms with Crippen molar-refractivity contribution >= 4 is 39.3 Å². The monoisotopic (exact) mass is 419 g/mol. The van der Waals surface area contributed by atoms with Crippen molar-refractivity contribution in [2.24, 2.45) is 0 Å². The summed E-state index contributed by atoms with van der Waals surface area (Å²) in [6.45, 7) is 2.12. The first-order valence-corrected chi connectivity index (χ1v) is 8.34. The number of carbonyl (C=O) groups is 1. The molecule has 4 heteroatoms. The number of hydrogen-bond donors (Lipinski definition) is 1. The molecule has 0 amide bonds. The third-order valence-electron chi connectivity index (χ3n) is 3.42. The lowest BCUT2D eigenvalue weighted by Crippen LogP contribution is -2.51. The molecule has 118 valence electrons. The van der Waals surface area contributed by atoms with Gasteiger partial charge in [-0.3, -0.25) is 0 Å². The van der Waals surface area contributed by atoms with Gasteiger partial charge in [-0.2, -0.15) is 0 Å². The second kappa shape index (κ2) is 8.08. The largest absolute Gasteiger partial charge is 0.545 e. The maximum atomic E-state index is 10.2. The fourth-order valence-electron chi connectivity index (χ4n) is 2.10. The Balaban J connectivity index is 0.000000174. The maximum Gasteiger partial charge on any atom is 0.107 e. The van der Waals surface area contributed by atoms with Crippen molar-refractivity contribution in [3.63, 3.8) is 0 Å². The molecule has 0 aromatic heterocycles. The lowest BCUT2D eigenvalue weighted by Gasteiger charge is -2.03. The minimum Gasteiger partial charge on any atom is -0.545 e. The van der Waals surface area contributed by atoms with Gasteiger partial charge in [-0.15, -0.1) is 0 Å². The number of benzene rings is 3. The molecule has 0 unspecified atom stereocenters. The second-order valence-electron chi connectivity index (χ2n) is 5.30. The first-order valence-electron chi connectivity index (χ1n) is 7.26. The smallest absolute Gasteiger partial charge is 0.107 e. The summed E-state index contributed by atoms with van der Waals surface area (Å²) < 4.78 is 1.02. The average Bonchev–Trinajstić information content (AvgIpc) is 2.55. The summed E-state index contributed by atoms with van der Waals surface area (Å²) in [4.78, 5) is 10.2. The predicted molar refractivity (Wildman–Crippen MR) is 98.7 cm³/mol. The second-order valence-corrected chi connectivity index (χ2v) is 6.55. The van der Waals surface area contributed by atoms with E-state index in [0.717, 1.165) is 3.57 Å². The molecule has 0 saturated carbocycles. The van der Waals surface area contributed by atoms with E-state index < -0.39 is 5.97 Å². The summed E-state index contributed by atoms with van der Waals surface area (Å²) >= 11 is 2.11. The topological polar surface area (TPSA) is 67.8 Å². The number of carboxylic acids is 1. The highest BCUT2D eigenvalue weighted by molar-refractivity contribution is 14.1. The minimum atomic E-state index is -1.13. The highest BCUT2D eigenvalue weighted by Gasteiger charge is 2.02. The van der Waals surface area contributed by atoms with E-state index in [1.807, 2.05) is 0 Å². The van der Waals surface area contributed by atoms with Crippen LogP contribution in [0, 0.1) is 3.57 Å². The molecule has 0 radical (unpaired) electrons. The van der Waals surface area contributed by atoms with E-state index in [-0.39, 0.29) is 5.56 Å². The summed E-state index contributed by atoms with van der Waals surface area (Å²) in [5, 5.41) is 12.8. The Morgan fingerprint density at radius 2 is 1.61 bits per heavy atom. The normalized spacial score (nSPS) is 11.4. The van der Waals surface area contributed by atoms with Crippen LogP contribution in [0.4, 0.5) is 0 Å². The van der Waals surface area contributed by atoms with E-state index in [1.54, 1.807) is 12.1 Å². The third kappa shape index (κ3) is 5.04. The lowest BCUT2D eigenvalue weighted by molar-refractivity contribution is -0.420. The molecule has 23 heavy (non-hydrogen) atoms. The molecule has 0 heterocycles. The molecule has 0 spiro atoms. The van der Waals surface area contributed by atoms with E-state index in [4.69, 9.17) is 0 Å². The molecule has 0 fully saturated rings. The Labute approximate surface area is 149 Å². The van der Waals surface area contributed by atoms with Crippen LogP contribution < -0.4 is 10.8 Å². The van der Waals surface area contributed by atoms with Crippen molar-refractivity contribution in [1.82, 2.24) is 0 Å². The summed E-state index contributed by atoms with van der Waals surface area (Å²) in [5.41, 5.74) is 5.54. The quantitative estimate of drug-likeness (QED) is 0.650. The van der Waals surface area contributed by atoms with E-state index in [2.05, 4.69) is 77.7 Å². The van der Waals surface area contributed by atoms with Gasteiger partial charge in [0, 0.05) is 9.13 Å². The molecular formula is C19H18INO2. The van der Waals surface area contributed by atoms with Gasteiger partial charge in [0.05, 0.1) is 5.97 Å². The van der Waals surface area contributed by atoms with E-state index in [1.165, 1.54) is 28.5 Å². The summed E-state index contributed by atoms with van der Waals surface area (Å²) in [6.07, 6.45) is 0. The summed E-state index contributed by atoms with van der Waals surface area (Å²) in [5.74, 6) is -1.13. The van der Waals surface area contributed by atoms with Gasteiger partial charge >= 0.3 is 0 Å². The van der Waals surface area contributed by atoms with Crippen LogP contribution in [0.2, 0.25) is 0 Å². The highest BCUT2D eigenvalue weighted by atomic mass is 127. The molecular weight excluding hydrogens is 401 g/mol. The molecule has 0 aliphatic rings. The molecule has 3 N–H and O–H groups in total. The Morgan fingerprint density at radius 3 is 2.17 bits per heavy atom. The van der Waals surface area contributed by atoms with Gasteiger partial charge in [0.15, 0.2) is 0 Å². The van der Waals surface area contributed by atoms with Crippen molar-refractivity contribution in [2.45, 2.75) is 13.0 Å². The maximum absolute atomic E-state index is 10.2. The minimum absolute atomic E-state index is 0.223. The van der Waals surface area contributed by atoms with Crippen LogP contribution in [0.25, 0.3) is 10.8 Å². The van der Waals surface area contributed by atoms with Gasteiger partial charge < -0.3 is 15.6 Å².